The fraction of sp³-hybridized carbons (Fsp3) is 0.688. The molecule has 7 nitrogen and oxygen atoms in total. The number of amides is 1. The van der Waals surface area contributed by atoms with Crippen molar-refractivity contribution in [2.24, 2.45) is 11.7 Å². The smallest absolute Gasteiger partial charge is 0.254 e. The Bertz CT molecular complexity index is 846. The minimum absolute atomic E-state index is 0.0801. The molecule has 1 heterocycles. The Labute approximate surface area is 187 Å². The van der Waals surface area contributed by atoms with Gasteiger partial charge in [0.15, 0.2) is 0 Å². The van der Waals surface area contributed by atoms with Crippen LogP contribution < -0.4 is 16.4 Å². The predicted molar refractivity (Wildman–Crippen MR) is 143 cm³/mol. The molecule has 0 saturated heterocycles. The third kappa shape index (κ3) is 3.69. The van der Waals surface area contributed by atoms with Crippen LogP contribution >= 0.6 is 0 Å². The summed E-state index contributed by atoms with van der Waals surface area (Å²) in [6.45, 7) is 8.15. The number of rotatable bonds is 4. The number of hydrogen-bond acceptors (Lipinski definition) is 6. The fourth-order valence-electron chi connectivity index (χ4n) is 5.06. The maximum atomic E-state index is 12.2. The minimum atomic E-state index is -0.948. The number of carbonyl (C=O) groups excluding carboxylic acids is 1. The van der Waals surface area contributed by atoms with Gasteiger partial charge in [0.2, 0.25) is 5.95 Å². The van der Waals surface area contributed by atoms with Crippen LogP contribution in [-0.2, 0) is 0 Å². The monoisotopic (exact) mass is 405 g/mol. The molecule has 30 heavy (non-hydrogen) atoms. The van der Waals surface area contributed by atoms with Crippen molar-refractivity contribution < 1.29 is 9.90 Å². The molecular formula is C16H34B7N5O2. The first kappa shape index (κ1) is 24.8. The normalized spacial score (nSPS) is 32.8. The summed E-state index contributed by atoms with van der Waals surface area (Å²) < 4.78 is 0. The fourth-order valence-corrected chi connectivity index (χ4v) is 5.06. The van der Waals surface area contributed by atoms with Crippen molar-refractivity contribution in [1.29, 1.82) is 0 Å². The molecule has 2 rings (SSSR count). The molecule has 0 aliphatic heterocycles. The van der Waals surface area contributed by atoms with E-state index in [1.54, 1.807) is 0 Å². The van der Waals surface area contributed by atoms with Crippen LogP contribution in [0, 0.1) is 5.92 Å². The van der Waals surface area contributed by atoms with Gasteiger partial charge in [-0.15, -0.1) is 0 Å². The van der Waals surface area contributed by atoms with E-state index in [0.29, 0.717) is 11.8 Å². The molecule has 1 aromatic heterocycles. The second-order valence-corrected chi connectivity index (χ2v) is 11.5. The molecule has 4 unspecified atom stereocenters. The highest BCUT2D eigenvalue weighted by Crippen LogP contribution is 2.65. The first-order valence-corrected chi connectivity index (χ1v) is 10.7. The summed E-state index contributed by atoms with van der Waals surface area (Å²) >= 11 is 0. The van der Waals surface area contributed by atoms with Crippen LogP contribution in [-0.4, -0.2) is 92.4 Å². The van der Waals surface area contributed by atoms with E-state index >= 15 is 0 Å². The predicted octanol–water partition coefficient (Wildman–Crippen LogP) is -5.31. The van der Waals surface area contributed by atoms with Crippen LogP contribution in [0.5, 0.6) is 0 Å². The van der Waals surface area contributed by atoms with Crippen molar-refractivity contribution in [1.82, 2.24) is 9.97 Å². The first-order valence-electron chi connectivity index (χ1n) is 10.7. The molecule has 1 saturated carbocycles. The number of carbonyl (C=O) groups is 1. The summed E-state index contributed by atoms with van der Waals surface area (Å²) in [4.78, 5) is 21.1. The Hall–Kier alpha value is -1.44. The number of nitrogens with one attached hydrogen (secondary N) is 2. The van der Waals surface area contributed by atoms with Gasteiger partial charge < -0.3 is 21.5 Å². The van der Waals surface area contributed by atoms with Crippen LogP contribution in [0.25, 0.3) is 0 Å². The maximum Gasteiger partial charge on any atom is 0.254 e. The lowest BCUT2D eigenvalue weighted by Gasteiger charge is -2.70. The molecule has 1 aliphatic carbocycles. The second kappa shape index (κ2) is 7.32. The number of aromatic nitrogens is 2. The van der Waals surface area contributed by atoms with Gasteiger partial charge in [0.25, 0.3) is 5.91 Å². The molecule has 1 amide bonds. The second-order valence-electron chi connectivity index (χ2n) is 11.5. The van der Waals surface area contributed by atoms with Crippen LogP contribution in [0.15, 0.2) is 6.20 Å². The zero-order chi connectivity index (χ0) is 23.5. The lowest BCUT2D eigenvalue weighted by Crippen LogP contribution is -2.74. The van der Waals surface area contributed by atoms with Crippen molar-refractivity contribution in [2.45, 2.75) is 60.4 Å². The largest absolute Gasteiger partial charge is 0.400 e. The molecule has 14 heteroatoms. The summed E-state index contributed by atoms with van der Waals surface area (Å²) in [5, 5.41) is 17.6. The Morgan fingerprint density at radius 2 is 1.73 bits per heavy atom. The lowest BCUT2D eigenvalue weighted by atomic mass is 9.14. The Balaban J connectivity index is 2.68. The molecule has 1 fully saturated rings. The van der Waals surface area contributed by atoms with Crippen molar-refractivity contribution in [3.8, 4) is 0 Å². The van der Waals surface area contributed by atoms with Gasteiger partial charge in [-0.2, -0.15) is 4.98 Å². The molecule has 1 aliphatic rings. The molecule has 4 atom stereocenters. The Kier molecular flexibility index (Phi) is 6.06. The van der Waals surface area contributed by atoms with Gasteiger partial charge in [-0.3, -0.25) is 4.79 Å². The van der Waals surface area contributed by atoms with Gasteiger partial charge in [-0.1, -0.05) is 23.2 Å². The number of hydrogen-bond donors (Lipinski definition) is 4. The van der Waals surface area contributed by atoms with Gasteiger partial charge in [0.1, 0.15) is 60.7 Å². The summed E-state index contributed by atoms with van der Waals surface area (Å²) in [7, 11) is 14.7. The third-order valence-electron chi connectivity index (χ3n) is 8.49. The Morgan fingerprint density at radius 1 is 1.20 bits per heavy atom. The number of anilines is 2. The van der Waals surface area contributed by atoms with E-state index in [2.05, 4.69) is 74.6 Å². The van der Waals surface area contributed by atoms with E-state index in [1.165, 1.54) is 6.20 Å². The maximum absolute atomic E-state index is 12.2. The SMILES string of the molecule is BC1C(C)C(B)(O)C(B)(B)C(B)(Nc2nc(NC(C)(C)C)ncc2C(N)=O)C1(B)B. The van der Waals surface area contributed by atoms with Crippen molar-refractivity contribution >= 4 is 72.6 Å². The van der Waals surface area contributed by atoms with Gasteiger partial charge in [-0.25, -0.2) is 4.98 Å². The topological polar surface area (TPSA) is 113 Å². The number of nitrogens with zero attached hydrogens (tertiary/aromatic N) is 2. The summed E-state index contributed by atoms with van der Waals surface area (Å²) in [5.41, 5.74) is 4.07. The molecule has 156 valence electrons. The third-order valence-corrected chi connectivity index (χ3v) is 8.49. The highest BCUT2D eigenvalue weighted by Gasteiger charge is 2.65. The van der Waals surface area contributed by atoms with Crippen LogP contribution in [0.3, 0.4) is 0 Å². The highest BCUT2D eigenvalue weighted by molar-refractivity contribution is 6.57. The molecule has 1 aromatic rings. The van der Waals surface area contributed by atoms with Crippen LogP contribution in [0.2, 0.25) is 16.2 Å². The van der Waals surface area contributed by atoms with Crippen molar-refractivity contribution in [3.63, 3.8) is 0 Å². The molecule has 0 radical (unpaired) electrons. The summed E-state index contributed by atoms with van der Waals surface area (Å²) in [5.74, 6) is 0.479. The average molecular weight is 404 g/mol. The Morgan fingerprint density at radius 3 is 2.20 bits per heavy atom. The zero-order valence-electron chi connectivity index (χ0n) is 20.6. The quantitative estimate of drug-likeness (QED) is 0.373. The lowest BCUT2D eigenvalue weighted by molar-refractivity contribution is 0.00614. The van der Waals surface area contributed by atoms with Crippen molar-refractivity contribution in [3.05, 3.63) is 11.8 Å². The van der Waals surface area contributed by atoms with Gasteiger partial charge in [0.05, 0.1) is 5.56 Å². The van der Waals surface area contributed by atoms with Gasteiger partial charge >= 0.3 is 0 Å². The summed E-state index contributed by atoms with van der Waals surface area (Å²) in [6.07, 6.45) is 1.46. The van der Waals surface area contributed by atoms with E-state index in [-0.39, 0.29) is 28.1 Å². The molecule has 0 aromatic carbocycles. The first-order chi connectivity index (χ1) is 13.3. The van der Waals surface area contributed by atoms with E-state index in [9.17, 15) is 9.90 Å². The number of nitrogens with two attached hydrogens (primary N) is 1. The van der Waals surface area contributed by atoms with E-state index in [0.717, 1.165) is 0 Å². The van der Waals surface area contributed by atoms with Crippen LogP contribution in [0.1, 0.15) is 38.1 Å². The number of primary amides is 1. The average Bonchev–Trinajstić information content (AvgIpc) is 2.57. The zero-order valence-corrected chi connectivity index (χ0v) is 20.6. The molecular weight excluding hydrogens is 370 g/mol. The van der Waals surface area contributed by atoms with E-state index < -0.39 is 22.1 Å². The molecule has 0 spiro atoms. The summed E-state index contributed by atoms with van der Waals surface area (Å²) in [6, 6.07) is 0. The van der Waals surface area contributed by atoms with Gasteiger partial charge in [-0.05, 0) is 32.1 Å². The minimum Gasteiger partial charge on any atom is -0.400 e. The molecule has 5 N–H and O–H groups in total. The van der Waals surface area contributed by atoms with E-state index in [4.69, 9.17) is 5.73 Å². The van der Waals surface area contributed by atoms with Gasteiger partial charge in [0, 0.05) is 17.2 Å². The van der Waals surface area contributed by atoms with Crippen molar-refractivity contribution in [2.75, 3.05) is 10.6 Å². The van der Waals surface area contributed by atoms with E-state index in [1.807, 2.05) is 28.6 Å². The standard InChI is InChI=1S/C16H34B7N5O2/c1-6-8(17)13(18,19)16(23,15(21,22)14(6,20)30)27-10-7(9(24)29)5-25-11(26-10)28-12(2,3)4/h5-6,8,30H,17-23H2,1-4H3,(H2,24,29)(H2,25,26,27,28). The van der Waals surface area contributed by atoms with Crippen LogP contribution in [0.4, 0.5) is 11.8 Å². The molecule has 0 bridgehead atoms. The highest BCUT2D eigenvalue weighted by atomic mass is 16.3. The number of aliphatic hydroxyl groups is 1.